The molecule has 1 atom stereocenters. The molecule has 3 amide bonds. The summed E-state index contributed by atoms with van der Waals surface area (Å²) in [5.74, 6) is 1.65. The fourth-order valence-corrected chi connectivity index (χ4v) is 5.22. The molecule has 11 heteroatoms. The summed E-state index contributed by atoms with van der Waals surface area (Å²) in [5.41, 5.74) is 0.753. The molecule has 42 heavy (non-hydrogen) atoms. The molecule has 0 aliphatic heterocycles. The Bertz CT molecular complexity index is 1140. The molecule has 2 aromatic rings. The molecule has 0 fully saturated rings. The fraction of sp³-hybridized carbons (Fsp3) is 0.484. The zero-order chi connectivity index (χ0) is 31.0. The van der Waals surface area contributed by atoms with Gasteiger partial charge in [0.05, 0.1) is 0 Å². The number of amides is 3. The number of rotatable bonds is 16. The Hall–Kier alpha value is -3.56. The van der Waals surface area contributed by atoms with E-state index in [1.165, 1.54) is 4.90 Å². The zero-order valence-electron chi connectivity index (χ0n) is 25.1. The molecule has 0 bridgehead atoms. The molecule has 0 saturated heterocycles. The summed E-state index contributed by atoms with van der Waals surface area (Å²) in [6.45, 7) is 5.54. The molecule has 0 aromatic heterocycles. The van der Waals surface area contributed by atoms with Crippen LogP contribution >= 0.6 is 0 Å². The molecule has 0 saturated carbocycles. The minimum atomic E-state index is -0.760. The van der Waals surface area contributed by atoms with Crippen molar-refractivity contribution in [3.05, 3.63) is 60.2 Å². The van der Waals surface area contributed by atoms with Crippen LogP contribution in [0.5, 0.6) is 5.75 Å². The number of benzene rings is 2. The first-order valence-corrected chi connectivity index (χ1v) is 16.9. The molecule has 10 nitrogen and oxygen atoms in total. The molecule has 230 valence electrons. The number of methoxy groups -OCH3 is 1. The fourth-order valence-electron chi connectivity index (χ4n) is 3.92. The van der Waals surface area contributed by atoms with Crippen molar-refractivity contribution in [1.82, 2.24) is 10.6 Å². The Morgan fingerprint density at radius 2 is 1.62 bits per heavy atom. The van der Waals surface area contributed by atoms with Gasteiger partial charge in [-0.1, -0.05) is 30.3 Å². The van der Waals surface area contributed by atoms with E-state index in [1.54, 1.807) is 52.1 Å². The van der Waals surface area contributed by atoms with Gasteiger partial charge in [-0.3, -0.25) is 0 Å². The van der Waals surface area contributed by atoms with E-state index >= 15 is 0 Å². The van der Waals surface area contributed by atoms with E-state index in [9.17, 15) is 19.2 Å². The van der Waals surface area contributed by atoms with E-state index in [0.29, 0.717) is 42.6 Å². The summed E-state index contributed by atoms with van der Waals surface area (Å²) in [5, 5.41) is 5.93. The number of nitrogens with zero attached hydrogens (tertiary/aromatic N) is 1. The van der Waals surface area contributed by atoms with Crippen LogP contribution in [0.4, 0.5) is 10.5 Å². The number of carbonyl (C=O) groups is 4. The van der Waals surface area contributed by atoms with Crippen molar-refractivity contribution in [2.75, 3.05) is 25.1 Å². The average molecular weight is 649 g/mol. The number of alkyl carbamates (subject to hydrolysis) is 1. The molecule has 2 rings (SSSR count). The maximum absolute atomic E-state index is 13.4. The Kier molecular flexibility index (Phi) is 14.9. The van der Waals surface area contributed by atoms with E-state index in [4.69, 9.17) is 14.2 Å². The maximum atomic E-state index is 13.4. The van der Waals surface area contributed by atoms with Gasteiger partial charge < -0.3 is 0 Å². The van der Waals surface area contributed by atoms with Crippen molar-refractivity contribution >= 4 is 44.5 Å². The van der Waals surface area contributed by atoms with E-state index in [-0.39, 0.29) is 40.0 Å². The third-order valence-electron chi connectivity index (χ3n) is 5.94. The summed E-state index contributed by atoms with van der Waals surface area (Å²) in [4.78, 5) is 52.4. The van der Waals surface area contributed by atoms with Gasteiger partial charge in [0, 0.05) is 0 Å². The van der Waals surface area contributed by atoms with Gasteiger partial charge in [-0.2, -0.15) is 0 Å². The standard InChI is InChI=1S/C31H43N3O7Se/c1-31(2,3)41-30(38)33-20-27(35)34(24-15-17-25(39-4)18-16-24)26(22-42-5)29(37)32-19-11-7-10-14-28(36)40-21-23-12-8-6-9-13-23/h6,8-9,12-13,15-18,26H,7,10-11,14,19-22H2,1-5H3,(H,32,37)(H,33,38)/t26-/m0/s1. The van der Waals surface area contributed by atoms with Crippen molar-refractivity contribution in [2.24, 2.45) is 0 Å². The molecule has 2 aromatic carbocycles. The second-order valence-corrected chi connectivity index (χ2v) is 12.4. The van der Waals surface area contributed by atoms with Gasteiger partial charge in [-0.15, -0.1) is 0 Å². The van der Waals surface area contributed by atoms with Gasteiger partial charge in [0.15, 0.2) is 0 Å². The van der Waals surface area contributed by atoms with Gasteiger partial charge in [-0.05, 0) is 5.56 Å². The van der Waals surface area contributed by atoms with Crippen LogP contribution in [-0.2, 0) is 30.5 Å². The normalized spacial score (nSPS) is 11.6. The van der Waals surface area contributed by atoms with E-state index < -0.39 is 23.6 Å². The number of nitrogens with one attached hydrogen (secondary N) is 2. The Morgan fingerprint density at radius 1 is 0.929 bits per heavy atom. The zero-order valence-corrected chi connectivity index (χ0v) is 26.9. The molecule has 0 heterocycles. The van der Waals surface area contributed by atoms with Crippen LogP contribution in [0.1, 0.15) is 52.0 Å². The third-order valence-corrected chi connectivity index (χ3v) is 7.30. The van der Waals surface area contributed by atoms with Crippen LogP contribution < -0.4 is 20.3 Å². The third kappa shape index (κ3) is 13.0. The van der Waals surface area contributed by atoms with Crippen LogP contribution in [0.15, 0.2) is 54.6 Å². The van der Waals surface area contributed by atoms with Crippen LogP contribution in [0.2, 0.25) is 11.1 Å². The van der Waals surface area contributed by atoms with Gasteiger partial charge >= 0.3 is 220 Å². The number of carbonyl (C=O) groups excluding carboxylic acids is 4. The first-order valence-electron chi connectivity index (χ1n) is 13.9. The number of hydrogen-bond acceptors (Lipinski definition) is 7. The Balaban J connectivity index is 1.94. The summed E-state index contributed by atoms with van der Waals surface area (Å²) in [6.07, 6.45) is 1.67. The van der Waals surface area contributed by atoms with E-state index in [1.807, 2.05) is 36.2 Å². The van der Waals surface area contributed by atoms with Gasteiger partial charge in [0.2, 0.25) is 0 Å². The molecule has 0 radical (unpaired) electrons. The number of hydrogen-bond donors (Lipinski definition) is 2. The average Bonchev–Trinajstić information content (AvgIpc) is 2.96. The number of esters is 1. The number of unbranched alkanes of at least 4 members (excludes halogenated alkanes) is 2. The predicted molar refractivity (Wildman–Crippen MR) is 163 cm³/mol. The summed E-state index contributed by atoms with van der Waals surface area (Å²) >= 11 is 0.0751. The van der Waals surface area contributed by atoms with Gasteiger partial charge in [-0.25, -0.2) is 0 Å². The molecule has 0 aliphatic rings. The second kappa shape index (κ2) is 18.1. The molecular weight excluding hydrogens is 605 g/mol. The Morgan fingerprint density at radius 3 is 2.24 bits per heavy atom. The van der Waals surface area contributed by atoms with Crippen molar-refractivity contribution in [1.29, 1.82) is 0 Å². The molecule has 0 spiro atoms. The molecule has 2 N–H and O–H groups in total. The molecular formula is C31H43N3O7Se. The van der Waals surface area contributed by atoms with Crippen molar-refractivity contribution in [2.45, 2.75) is 75.8 Å². The van der Waals surface area contributed by atoms with Crippen LogP contribution in [0, 0.1) is 0 Å². The number of ether oxygens (including phenoxy) is 3. The van der Waals surface area contributed by atoms with Crippen molar-refractivity contribution in [3.8, 4) is 5.75 Å². The quantitative estimate of drug-likeness (QED) is 0.156. The summed E-state index contributed by atoms with van der Waals surface area (Å²) in [6, 6.07) is 15.6. The van der Waals surface area contributed by atoms with Crippen LogP contribution in [0.3, 0.4) is 0 Å². The second-order valence-electron chi connectivity index (χ2n) is 10.5. The van der Waals surface area contributed by atoms with E-state index in [2.05, 4.69) is 10.6 Å². The first-order chi connectivity index (χ1) is 20.0. The monoisotopic (exact) mass is 649 g/mol. The molecule has 0 unspecified atom stereocenters. The van der Waals surface area contributed by atoms with Gasteiger partial charge in [0.1, 0.15) is 0 Å². The van der Waals surface area contributed by atoms with Crippen molar-refractivity contribution < 1.29 is 33.4 Å². The Labute approximate surface area is 255 Å². The summed E-state index contributed by atoms with van der Waals surface area (Å²) < 4.78 is 15.8. The first kappa shape index (κ1) is 34.6. The van der Waals surface area contributed by atoms with Gasteiger partial charge in [0.25, 0.3) is 0 Å². The minimum absolute atomic E-state index is 0.0751. The van der Waals surface area contributed by atoms with E-state index in [0.717, 1.165) is 12.0 Å². The predicted octanol–water partition coefficient (Wildman–Crippen LogP) is 4.51. The number of anilines is 1. The van der Waals surface area contributed by atoms with Crippen LogP contribution in [-0.4, -0.2) is 70.7 Å². The SMILES string of the molecule is COc1ccc(N(C(=O)CNC(=O)OC(C)(C)C)[C@@H](C[Se]C)C(=O)NCCCCCC(=O)OCc2ccccc2)cc1. The summed E-state index contributed by atoms with van der Waals surface area (Å²) in [7, 11) is 1.55. The topological polar surface area (TPSA) is 123 Å². The molecule has 0 aliphatic carbocycles. The van der Waals surface area contributed by atoms with Crippen molar-refractivity contribution in [3.63, 3.8) is 0 Å². The van der Waals surface area contributed by atoms with Crippen LogP contribution in [0.25, 0.3) is 0 Å².